The van der Waals surface area contributed by atoms with E-state index in [1.54, 1.807) is 6.92 Å². The molecule has 2 aromatic rings. The molecule has 0 saturated carbocycles. The molecule has 0 aliphatic carbocycles. The quantitative estimate of drug-likeness (QED) is 0.649. The summed E-state index contributed by atoms with van der Waals surface area (Å²) in [4.78, 5) is 23.8. The first-order valence-corrected chi connectivity index (χ1v) is 10.6. The predicted octanol–water partition coefficient (Wildman–Crippen LogP) is 3.90. The molecule has 0 aromatic heterocycles. The Labute approximate surface area is 179 Å². The van der Waals surface area contributed by atoms with Crippen molar-refractivity contribution in [2.45, 2.75) is 25.9 Å². The van der Waals surface area contributed by atoms with Crippen LogP contribution in [0, 0.1) is 11.3 Å². The number of thioether (sulfide) groups is 1. The van der Waals surface area contributed by atoms with Crippen molar-refractivity contribution in [3.05, 3.63) is 76.3 Å². The van der Waals surface area contributed by atoms with Gasteiger partial charge in [0.05, 0.1) is 29.0 Å². The zero-order valence-corrected chi connectivity index (χ0v) is 17.4. The van der Waals surface area contributed by atoms with E-state index in [1.807, 2.05) is 54.6 Å². The van der Waals surface area contributed by atoms with Crippen molar-refractivity contribution < 1.29 is 19.1 Å². The fourth-order valence-corrected chi connectivity index (χ4v) is 3.96. The minimum Gasteiger partial charge on any atom is -0.489 e. The number of nitrogens with one attached hydrogen (secondary N) is 1. The van der Waals surface area contributed by atoms with Crippen molar-refractivity contribution in [3.8, 4) is 11.8 Å². The van der Waals surface area contributed by atoms with E-state index in [4.69, 9.17) is 9.47 Å². The second-order valence-corrected chi connectivity index (χ2v) is 7.58. The first-order chi connectivity index (χ1) is 14.6. The number of amides is 1. The van der Waals surface area contributed by atoms with Gasteiger partial charge in [0.2, 0.25) is 5.91 Å². The Balaban J connectivity index is 1.72. The monoisotopic (exact) mass is 422 g/mol. The third-order valence-electron chi connectivity index (χ3n) is 4.53. The molecule has 0 bridgehead atoms. The number of allylic oxidation sites excluding steroid dienone is 1. The van der Waals surface area contributed by atoms with Gasteiger partial charge in [-0.15, -0.1) is 0 Å². The minimum absolute atomic E-state index is 0.0353. The molecule has 2 aromatic carbocycles. The fraction of sp³-hybridized carbons (Fsp3) is 0.261. The van der Waals surface area contributed by atoms with Gasteiger partial charge in [-0.1, -0.05) is 54.2 Å². The molecular weight excluding hydrogens is 400 g/mol. The number of nitriles is 1. The lowest BCUT2D eigenvalue weighted by molar-refractivity contribution is -0.139. The van der Waals surface area contributed by atoms with Gasteiger partial charge in [0.1, 0.15) is 12.4 Å². The van der Waals surface area contributed by atoms with Gasteiger partial charge in [0.25, 0.3) is 0 Å². The van der Waals surface area contributed by atoms with Gasteiger partial charge in [0.15, 0.2) is 0 Å². The van der Waals surface area contributed by atoms with E-state index >= 15 is 0 Å². The van der Waals surface area contributed by atoms with Crippen molar-refractivity contribution in [3.63, 3.8) is 0 Å². The molecule has 3 rings (SSSR count). The molecular formula is C23H22N2O4S. The van der Waals surface area contributed by atoms with Gasteiger partial charge in [-0.2, -0.15) is 5.26 Å². The van der Waals surface area contributed by atoms with E-state index in [0.717, 1.165) is 22.9 Å². The van der Waals surface area contributed by atoms with E-state index in [9.17, 15) is 14.9 Å². The molecule has 0 saturated heterocycles. The second kappa shape index (κ2) is 10.5. The Bertz CT molecular complexity index is 965. The highest BCUT2D eigenvalue weighted by Crippen LogP contribution is 2.36. The topological polar surface area (TPSA) is 88.4 Å². The summed E-state index contributed by atoms with van der Waals surface area (Å²) in [6.45, 7) is 2.48. The normalized spacial score (nSPS) is 15.9. The van der Waals surface area contributed by atoms with Crippen LogP contribution in [0.3, 0.4) is 0 Å². The Hall–Kier alpha value is -3.24. The SMILES string of the molecule is CCOC(=O)CSC1=C(C#N)C(c2ccc(OCc3ccccc3)cc2)CC(=O)N1. The molecule has 1 aliphatic rings. The first kappa shape index (κ1) is 21.5. The van der Waals surface area contributed by atoms with Crippen molar-refractivity contribution >= 4 is 23.6 Å². The molecule has 1 N–H and O–H groups in total. The Kier molecular flexibility index (Phi) is 7.52. The van der Waals surface area contributed by atoms with Crippen LogP contribution in [-0.2, 0) is 20.9 Å². The van der Waals surface area contributed by atoms with Crippen LogP contribution in [0.25, 0.3) is 0 Å². The third kappa shape index (κ3) is 5.65. The maximum absolute atomic E-state index is 12.2. The van der Waals surface area contributed by atoms with Crippen LogP contribution in [0.15, 0.2) is 65.2 Å². The zero-order chi connectivity index (χ0) is 21.3. The van der Waals surface area contributed by atoms with Crippen LogP contribution in [0.5, 0.6) is 5.75 Å². The molecule has 0 spiro atoms. The summed E-state index contributed by atoms with van der Waals surface area (Å²) >= 11 is 1.12. The number of carbonyl (C=O) groups excluding carboxylic acids is 2. The first-order valence-electron chi connectivity index (χ1n) is 9.60. The Morgan fingerprint density at radius 3 is 2.60 bits per heavy atom. The number of hydrogen-bond donors (Lipinski definition) is 1. The lowest BCUT2D eigenvalue weighted by Crippen LogP contribution is -2.31. The van der Waals surface area contributed by atoms with Gasteiger partial charge in [-0.3, -0.25) is 9.59 Å². The zero-order valence-electron chi connectivity index (χ0n) is 16.6. The molecule has 6 nitrogen and oxygen atoms in total. The molecule has 0 fully saturated rings. The maximum atomic E-state index is 12.2. The smallest absolute Gasteiger partial charge is 0.316 e. The summed E-state index contributed by atoms with van der Waals surface area (Å²) < 4.78 is 10.7. The largest absolute Gasteiger partial charge is 0.489 e. The van der Waals surface area contributed by atoms with Gasteiger partial charge in [-0.05, 0) is 30.2 Å². The van der Waals surface area contributed by atoms with Gasteiger partial charge in [-0.25, -0.2) is 0 Å². The molecule has 1 amide bonds. The number of rotatable bonds is 8. The van der Waals surface area contributed by atoms with Crippen molar-refractivity contribution in [2.24, 2.45) is 0 Å². The summed E-state index contributed by atoms with van der Waals surface area (Å²) in [6, 6.07) is 19.5. The summed E-state index contributed by atoms with van der Waals surface area (Å²) in [7, 11) is 0. The summed E-state index contributed by atoms with van der Waals surface area (Å²) in [5.74, 6) is -0.189. The van der Waals surface area contributed by atoms with Crippen LogP contribution in [0.4, 0.5) is 0 Å². The van der Waals surface area contributed by atoms with E-state index in [0.29, 0.717) is 23.0 Å². The summed E-state index contributed by atoms with van der Waals surface area (Å²) in [5.41, 5.74) is 2.37. The predicted molar refractivity (Wildman–Crippen MR) is 114 cm³/mol. The number of esters is 1. The van der Waals surface area contributed by atoms with E-state index in [-0.39, 0.29) is 36.6 Å². The Morgan fingerprint density at radius 2 is 1.93 bits per heavy atom. The average Bonchev–Trinajstić information content (AvgIpc) is 2.77. The molecule has 1 aliphatic heterocycles. The van der Waals surface area contributed by atoms with Crippen molar-refractivity contribution in [1.29, 1.82) is 5.26 Å². The molecule has 7 heteroatoms. The van der Waals surface area contributed by atoms with Crippen LogP contribution in [0.1, 0.15) is 30.4 Å². The molecule has 0 radical (unpaired) electrons. The number of hydrogen-bond acceptors (Lipinski definition) is 6. The van der Waals surface area contributed by atoms with Crippen molar-refractivity contribution in [2.75, 3.05) is 12.4 Å². The number of benzene rings is 2. The van der Waals surface area contributed by atoms with Crippen LogP contribution in [-0.4, -0.2) is 24.2 Å². The highest BCUT2D eigenvalue weighted by Gasteiger charge is 2.30. The maximum Gasteiger partial charge on any atom is 0.316 e. The summed E-state index contributed by atoms with van der Waals surface area (Å²) in [6.07, 6.45) is 0.177. The third-order valence-corrected chi connectivity index (χ3v) is 5.52. The second-order valence-electron chi connectivity index (χ2n) is 6.60. The van der Waals surface area contributed by atoms with E-state index in [2.05, 4.69) is 11.4 Å². The van der Waals surface area contributed by atoms with Gasteiger partial charge in [0, 0.05) is 12.3 Å². The number of nitrogens with zero attached hydrogens (tertiary/aromatic N) is 1. The average molecular weight is 423 g/mol. The minimum atomic E-state index is -0.386. The van der Waals surface area contributed by atoms with Crippen molar-refractivity contribution in [1.82, 2.24) is 5.32 Å². The van der Waals surface area contributed by atoms with Crippen LogP contribution < -0.4 is 10.1 Å². The van der Waals surface area contributed by atoms with Crippen LogP contribution >= 0.6 is 11.8 Å². The molecule has 1 unspecified atom stereocenters. The van der Waals surface area contributed by atoms with E-state index < -0.39 is 0 Å². The lowest BCUT2D eigenvalue weighted by atomic mass is 9.87. The number of ether oxygens (including phenoxy) is 2. The molecule has 30 heavy (non-hydrogen) atoms. The van der Waals surface area contributed by atoms with Crippen LogP contribution in [0.2, 0.25) is 0 Å². The molecule has 1 atom stereocenters. The standard InChI is InChI=1S/C23H22N2O4S/c1-2-28-22(27)15-30-23-20(13-24)19(12-21(26)25-23)17-8-10-18(11-9-17)29-14-16-6-4-3-5-7-16/h3-11,19H,2,12,14-15H2,1H3,(H,25,26). The lowest BCUT2D eigenvalue weighted by Gasteiger charge is -2.25. The summed E-state index contributed by atoms with van der Waals surface area (Å²) in [5, 5.41) is 12.8. The highest BCUT2D eigenvalue weighted by molar-refractivity contribution is 8.03. The fourth-order valence-electron chi connectivity index (χ4n) is 3.09. The molecule has 154 valence electrons. The van der Waals surface area contributed by atoms with Gasteiger partial charge >= 0.3 is 5.97 Å². The van der Waals surface area contributed by atoms with Gasteiger partial charge < -0.3 is 14.8 Å². The Morgan fingerprint density at radius 1 is 1.20 bits per heavy atom. The van der Waals surface area contributed by atoms with E-state index in [1.165, 1.54) is 0 Å². The molecule has 1 heterocycles. The highest BCUT2D eigenvalue weighted by atomic mass is 32.2. The number of carbonyl (C=O) groups is 2.